The van der Waals surface area contributed by atoms with E-state index in [2.05, 4.69) is 10.1 Å². The SMILES string of the molecule is CCCCn1nc(C(=O)OCc2csc(N(C(C)=O)c3ccc(C)c(C)c3)n2)ccc1=O. The maximum atomic E-state index is 12.4. The average molecular weight is 455 g/mol. The summed E-state index contributed by atoms with van der Waals surface area (Å²) in [4.78, 5) is 42.6. The fraction of sp³-hybridized carbons (Fsp3) is 0.348. The number of ether oxygens (including phenoxy) is 1. The molecule has 168 valence electrons. The number of thiazole rings is 1. The molecular formula is C23H26N4O4S. The van der Waals surface area contributed by atoms with Crippen molar-refractivity contribution in [2.24, 2.45) is 0 Å². The van der Waals surface area contributed by atoms with Gasteiger partial charge in [-0.15, -0.1) is 11.3 Å². The van der Waals surface area contributed by atoms with Gasteiger partial charge in [-0.25, -0.2) is 14.5 Å². The lowest BCUT2D eigenvalue weighted by molar-refractivity contribution is -0.115. The number of esters is 1. The minimum atomic E-state index is -0.637. The Labute approximate surface area is 190 Å². The number of benzene rings is 1. The second kappa shape index (κ2) is 10.3. The van der Waals surface area contributed by atoms with Gasteiger partial charge >= 0.3 is 5.97 Å². The molecule has 0 N–H and O–H groups in total. The summed E-state index contributed by atoms with van der Waals surface area (Å²) in [7, 11) is 0. The van der Waals surface area contributed by atoms with Gasteiger partial charge in [-0.1, -0.05) is 19.4 Å². The number of unbranched alkanes of at least 4 members (excludes halogenated alkanes) is 1. The zero-order chi connectivity index (χ0) is 23.3. The second-order valence-corrected chi connectivity index (χ2v) is 8.29. The number of anilines is 2. The number of rotatable bonds is 8. The van der Waals surface area contributed by atoms with Gasteiger partial charge in [0, 0.05) is 24.9 Å². The van der Waals surface area contributed by atoms with Crippen LogP contribution in [0.4, 0.5) is 10.8 Å². The Morgan fingerprint density at radius 2 is 1.94 bits per heavy atom. The Kier molecular flexibility index (Phi) is 7.53. The fourth-order valence-electron chi connectivity index (χ4n) is 3.00. The summed E-state index contributed by atoms with van der Waals surface area (Å²) in [5.74, 6) is -0.799. The van der Waals surface area contributed by atoms with Crippen LogP contribution in [-0.2, 0) is 22.7 Å². The highest BCUT2D eigenvalue weighted by Gasteiger charge is 2.19. The summed E-state index contributed by atoms with van der Waals surface area (Å²) in [6, 6.07) is 8.45. The van der Waals surface area contributed by atoms with Crippen LogP contribution >= 0.6 is 11.3 Å². The van der Waals surface area contributed by atoms with Crippen molar-refractivity contribution in [2.45, 2.75) is 53.7 Å². The van der Waals surface area contributed by atoms with E-state index in [-0.39, 0.29) is 23.8 Å². The molecule has 8 nitrogen and oxygen atoms in total. The molecule has 3 rings (SSSR count). The van der Waals surface area contributed by atoms with Gasteiger partial charge in [-0.05, 0) is 49.6 Å². The first-order chi connectivity index (χ1) is 15.3. The highest BCUT2D eigenvalue weighted by molar-refractivity contribution is 7.14. The van der Waals surface area contributed by atoms with Crippen molar-refractivity contribution in [3.05, 3.63) is 68.6 Å². The third-order valence-electron chi connectivity index (χ3n) is 4.94. The summed E-state index contributed by atoms with van der Waals surface area (Å²) in [5, 5.41) is 6.34. The van der Waals surface area contributed by atoms with Crippen LogP contribution < -0.4 is 10.5 Å². The van der Waals surface area contributed by atoms with Gasteiger partial charge in [0.25, 0.3) is 5.56 Å². The van der Waals surface area contributed by atoms with Crippen LogP contribution in [0.5, 0.6) is 0 Å². The smallest absolute Gasteiger partial charge is 0.359 e. The molecule has 0 bridgehead atoms. The van der Waals surface area contributed by atoms with Crippen molar-refractivity contribution in [2.75, 3.05) is 4.90 Å². The van der Waals surface area contributed by atoms with Crippen molar-refractivity contribution < 1.29 is 14.3 Å². The Balaban J connectivity index is 1.72. The van der Waals surface area contributed by atoms with Crippen molar-refractivity contribution in [3.63, 3.8) is 0 Å². The highest BCUT2D eigenvalue weighted by Crippen LogP contribution is 2.30. The lowest BCUT2D eigenvalue weighted by atomic mass is 10.1. The van der Waals surface area contributed by atoms with E-state index in [0.717, 1.165) is 29.7 Å². The normalized spacial score (nSPS) is 10.8. The summed E-state index contributed by atoms with van der Waals surface area (Å²) >= 11 is 1.29. The molecule has 0 fully saturated rings. The maximum Gasteiger partial charge on any atom is 0.359 e. The van der Waals surface area contributed by atoms with Crippen molar-refractivity contribution in [1.29, 1.82) is 0 Å². The quantitative estimate of drug-likeness (QED) is 0.475. The monoisotopic (exact) mass is 454 g/mol. The number of carbonyl (C=O) groups is 2. The molecule has 3 aromatic rings. The van der Waals surface area contributed by atoms with Crippen molar-refractivity contribution in [1.82, 2.24) is 14.8 Å². The van der Waals surface area contributed by atoms with E-state index in [1.165, 1.54) is 40.0 Å². The van der Waals surface area contributed by atoms with Gasteiger partial charge in [0.05, 0.1) is 11.4 Å². The van der Waals surface area contributed by atoms with E-state index in [1.54, 1.807) is 5.38 Å². The number of aromatic nitrogens is 3. The van der Waals surface area contributed by atoms with Crippen LogP contribution in [0, 0.1) is 13.8 Å². The number of carbonyl (C=O) groups excluding carboxylic acids is 2. The zero-order valence-electron chi connectivity index (χ0n) is 18.6. The fourth-order valence-corrected chi connectivity index (χ4v) is 3.87. The first-order valence-electron chi connectivity index (χ1n) is 10.4. The van der Waals surface area contributed by atoms with E-state index in [4.69, 9.17) is 4.74 Å². The standard InChI is InChI=1S/C23H26N4O4S/c1-5-6-11-26-21(29)10-9-20(25-26)22(30)31-13-18-14-32-23(24-18)27(17(4)28)19-8-7-15(2)16(3)12-19/h7-10,12,14H,5-6,11,13H2,1-4H3. The minimum Gasteiger partial charge on any atom is -0.454 e. The predicted molar refractivity (Wildman–Crippen MR) is 123 cm³/mol. The molecular weight excluding hydrogens is 428 g/mol. The van der Waals surface area contributed by atoms with Crippen molar-refractivity contribution in [3.8, 4) is 0 Å². The van der Waals surface area contributed by atoms with Gasteiger partial charge in [-0.3, -0.25) is 14.5 Å². The first kappa shape index (κ1) is 23.3. The molecule has 0 aliphatic rings. The minimum absolute atomic E-state index is 0.0657. The number of aryl methyl sites for hydroxylation is 3. The first-order valence-corrected chi connectivity index (χ1v) is 11.3. The Hall–Kier alpha value is -3.33. The van der Waals surface area contributed by atoms with E-state index < -0.39 is 5.97 Å². The molecule has 0 spiro atoms. The Morgan fingerprint density at radius 1 is 1.16 bits per heavy atom. The molecule has 0 atom stereocenters. The number of hydrogen-bond acceptors (Lipinski definition) is 7. The molecule has 2 heterocycles. The third-order valence-corrected chi connectivity index (χ3v) is 5.82. The van der Waals surface area contributed by atoms with Crippen LogP contribution in [0.2, 0.25) is 0 Å². The molecule has 0 aliphatic heterocycles. The molecule has 1 amide bonds. The lowest BCUT2D eigenvalue weighted by Crippen LogP contribution is -2.25. The summed E-state index contributed by atoms with van der Waals surface area (Å²) in [6.45, 7) is 7.88. The molecule has 32 heavy (non-hydrogen) atoms. The molecule has 0 unspecified atom stereocenters. The van der Waals surface area contributed by atoms with Crippen LogP contribution in [0.25, 0.3) is 0 Å². The van der Waals surface area contributed by atoms with Crippen LogP contribution in [0.3, 0.4) is 0 Å². The molecule has 0 aliphatic carbocycles. The van der Waals surface area contributed by atoms with E-state index >= 15 is 0 Å². The van der Waals surface area contributed by atoms with E-state index in [1.807, 2.05) is 39.0 Å². The lowest BCUT2D eigenvalue weighted by Gasteiger charge is -2.19. The highest BCUT2D eigenvalue weighted by atomic mass is 32.1. The van der Waals surface area contributed by atoms with Crippen molar-refractivity contribution >= 4 is 34.0 Å². The maximum absolute atomic E-state index is 12.4. The van der Waals surface area contributed by atoms with E-state index in [9.17, 15) is 14.4 Å². The van der Waals surface area contributed by atoms with Gasteiger partial charge in [0.2, 0.25) is 5.91 Å². The topological polar surface area (TPSA) is 94.4 Å². The second-order valence-electron chi connectivity index (χ2n) is 7.45. The molecule has 0 saturated carbocycles. The van der Waals surface area contributed by atoms with Gasteiger partial charge in [0.15, 0.2) is 10.8 Å². The number of nitrogens with zero attached hydrogens (tertiary/aromatic N) is 4. The summed E-state index contributed by atoms with van der Waals surface area (Å²) in [5.41, 5.74) is 3.28. The van der Waals surface area contributed by atoms with Crippen LogP contribution in [0.1, 0.15) is 54.0 Å². The number of hydrogen-bond donors (Lipinski definition) is 0. The molecule has 9 heteroatoms. The van der Waals surface area contributed by atoms with Crippen LogP contribution in [-0.4, -0.2) is 26.6 Å². The van der Waals surface area contributed by atoms with Gasteiger partial charge in [0.1, 0.15) is 6.61 Å². The van der Waals surface area contributed by atoms with E-state index in [0.29, 0.717) is 17.4 Å². The predicted octanol–water partition coefficient (Wildman–Crippen LogP) is 4.16. The molecule has 0 saturated heterocycles. The molecule has 1 aromatic carbocycles. The zero-order valence-corrected chi connectivity index (χ0v) is 19.4. The Bertz CT molecular complexity index is 1180. The third kappa shape index (κ3) is 5.47. The average Bonchev–Trinajstić information content (AvgIpc) is 3.22. The number of amides is 1. The summed E-state index contributed by atoms with van der Waals surface area (Å²) < 4.78 is 6.60. The Morgan fingerprint density at radius 3 is 2.62 bits per heavy atom. The molecule has 2 aromatic heterocycles. The molecule has 0 radical (unpaired) electrons. The van der Waals surface area contributed by atoms with Gasteiger partial charge in [-0.2, -0.15) is 5.10 Å². The largest absolute Gasteiger partial charge is 0.454 e. The van der Waals surface area contributed by atoms with Gasteiger partial charge < -0.3 is 4.74 Å². The van der Waals surface area contributed by atoms with Crippen LogP contribution in [0.15, 0.2) is 40.5 Å². The summed E-state index contributed by atoms with van der Waals surface area (Å²) in [6.07, 6.45) is 1.70.